The molecule has 0 N–H and O–H groups in total. The molecule has 0 heterocycles. The van der Waals surface area contributed by atoms with Crippen molar-refractivity contribution in [2.75, 3.05) is 11.9 Å². The number of anilines is 1. The van der Waals surface area contributed by atoms with E-state index in [1.54, 1.807) is 24.1 Å². The molecule has 0 spiro atoms. The molecule has 2 rings (SSSR count). The molecule has 18 heavy (non-hydrogen) atoms. The Bertz CT molecular complexity index is 566. The highest BCUT2D eigenvalue weighted by molar-refractivity contribution is 6.34. The van der Waals surface area contributed by atoms with Crippen molar-refractivity contribution in [1.82, 2.24) is 0 Å². The third-order valence-corrected chi connectivity index (χ3v) is 3.12. The fourth-order valence-corrected chi connectivity index (χ4v) is 2.06. The average Bonchev–Trinajstić information content (AvgIpc) is 2.38. The summed E-state index contributed by atoms with van der Waals surface area (Å²) in [5.41, 5.74) is 2.41. The number of nitrogens with zero attached hydrogens (tertiary/aromatic N) is 1. The molecular formula is C15H14ClNO. The largest absolute Gasteiger partial charge is 0.311 e. The van der Waals surface area contributed by atoms with Gasteiger partial charge in [-0.1, -0.05) is 35.9 Å². The molecule has 0 atom stereocenters. The van der Waals surface area contributed by atoms with Crippen LogP contribution in [0.15, 0.2) is 48.5 Å². The van der Waals surface area contributed by atoms with E-state index in [1.165, 1.54) is 0 Å². The quantitative estimate of drug-likeness (QED) is 0.800. The number of amides is 1. The fraction of sp³-hybridized carbons (Fsp3) is 0.133. The first-order valence-electron chi connectivity index (χ1n) is 5.69. The van der Waals surface area contributed by atoms with Gasteiger partial charge in [0.05, 0.1) is 10.6 Å². The van der Waals surface area contributed by atoms with E-state index in [0.717, 1.165) is 11.3 Å². The van der Waals surface area contributed by atoms with Crippen LogP contribution in [0.3, 0.4) is 0 Å². The lowest BCUT2D eigenvalue weighted by Crippen LogP contribution is -2.26. The molecule has 0 saturated carbocycles. The molecule has 0 aliphatic rings. The molecule has 0 saturated heterocycles. The van der Waals surface area contributed by atoms with Crippen LogP contribution in [0.1, 0.15) is 15.9 Å². The molecule has 92 valence electrons. The molecular weight excluding hydrogens is 246 g/mol. The summed E-state index contributed by atoms with van der Waals surface area (Å²) in [4.78, 5) is 13.9. The molecule has 2 nitrogen and oxygen atoms in total. The monoisotopic (exact) mass is 259 g/mol. The van der Waals surface area contributed by atoms with Gasteiger partial charge in [0.15, 0.2) is 0 Å². The predicted octanol–water partition coefficient (Wildman–Crippen LogP) is 3.93. The molecule has 0 aliphatic carbocycles. The normalized spacial score (nSPS) is 10.2. The van der Waals surface area contributed by atoms with Gasteiger partial charge in [-0.3, -0.25) is 4.79 Å². The minimum atomic E-state index is -0.105. The van der Waals surface area contributed by atoms with E-state index >= 15 is 0 Å². The van der Waals surface area contributed by atoms with Crippen LogP contribution in [-0.2, 0) is 0 Å². The minimum absolute atomic E-state index is 0.105. The first kappa shape index (κ1) is 12.7. The second-order valence-corrected chi connectivity index (χ2v) is 4.59. The molecule has 0 aromatic heterocycles. The van der Waals surface area contributed by atoms with E-state index in [2.05, 4.69) is 0 Å². The van der Waals surface area contributed by atoms with E-state index in [-0.39, 0.29) is 5.91 Å². The molecule has 0 unspecified atom stereocenters. The van der Waals surface area contributed by atoms with E-state index in [1.807, 2.05) is 43.3 Å². The van der Waals surface area contributed by atoms with Crippen LogP contribution in [0.2, 0.25) is 5.02 Å². The Morgan fingerprint density at radius 1 is 1.11 bits per heavy atom. The summed E-state index contributed by atoms with van der Waals surface area (Å²) in [6.45, 7) is 1.95. The van der Waals surface area contributed by atoms with Crippen molar-refractivity contribution in [2.45, 2.75) is 6.92 Å². The van der Waals surface area contributed by atoms with Gasteiger partial charge in [0.1, 0.15) is 0 Å². The second kappa shape index (κ2) is 5.23. The molecule has 0 bridgehead atoms. The van der Waals surface area contributed by atoms with E-state index < -0.39 is 0 Å². The molecule has 0 fully saturated rings. The van der Waals surface area contributed by atoms with E-state index in [9.17, 15) is 4.79 Å². The lowest BCUT2D eigenvalue weighted by Gasteiger charge is -2.18. The summed E-state index contributed by atoms with van der Waals surface area (Å²) >= 11 is 6.11. The van der Waals surface area contributed by atoms with Crippen molar-refractivity contribution in [1.29, 1.82) is 0 Å². The van der Waals surface area contributed by atoms with Crippen molar-refractivity contribution in [3.8, 4) is 0 Å². The van der Waals surface area contributed by atoms with Crippen LogP contribution in [0.25, 0.3) is 0 Å². The van der Waals surface area contributed by atoms with Crippen LogP contribution < -0.4 is 4.90 Å². The molecule has 2 aromatic rings. The summed E-state index contributed by atoms with van der Waals surface area (Å²) < 4.78 is 0. The Morgan fingerprint density at radius 2 is 1.78 bits per heavy atom. The fourth-order valence-electron chi connectivity index (χ4n) is 1.74. The number of hydrogen-bond donors (Lipinski definition) is 0. The summed E-state index contributed by atoms with van der Waals surface area (Å²) in [6.07, 6.45) is 0. The number of benzene rings is 2. The van der Waals surface area contributed by atoms with Gasteiger partial charge in [0, 0.05) is 12.7 Å². The number of aryl methyl sites for hydroxylation is 1. The van der Waals surface area contributed by atoms with Gasteiger partial charge < -0.3 is 4.90 Å². The maximum absolute atomic E-state index is 12.3. The van der Waals surface area contributed by atoms with Crippen molar-refractivity contribution < 1.29 is 4.79 Å². The average molecular weight is 260 g/mol. The zero-order chi connectivity index (χ0) is 13.1. The van der Waals surface area contributed by atoms with Gasteiger partial charge in [-0.25, -0.2) is 0 Å². The summed E-state index contributed by atoms with van der Waals surface area (Å²) in [7, 11) is 1.74. The molecule has 1 amide bonds. The second-order valence-electron chi connectivity index (χ2n) is 4.18. The lowest BCUT2D eigenvalue weighted by atomic mass is 10.1. The SMILES string of the molecule is Cc1ccc(C(=O)N(C)c2ccccc2)c(Cl)c1. The van der Waals surface area contributed by atoms with E-state index in [4.69, 9.17) is 11.6 Å². The highest BCUT2D eigenvalue weighted by Gasteiger charge is 2.16. The van der Waals surface area contributed by atoms with Crippen LogP contribution in [-0.4, -0.2) is 13.0 Å². The number of rotatable bonds is 2. The Hall–Kier alpha value is -1.80. The molecule has 2 aromatic carbocycles. The highest BCUT2D eigenvalue weighted by atomic mass is 35.5. The Balaban J connectivity index is 2.32. The number of carbonyl (C=O) groups excluding carboxylic acids is 1. The zero-order valence-corrected chi connectivity index (χ0v) is 11.1. The summed E-state index contributed by atoms with van der Waals surface area (Å²) in [6, 6.07) is 14.9. The predicted molar refractivity (Wildman–Crippen MR) is 75.4 cm³/mol. The maximum atomic E-state index is 12.3. The minimum Gasteiger partial charge on any atom is -0.311 e. The van der Waals surface area contributed by atoms with Crippen LogP contribution in [0.4, 0.5) is 5.69 Å². The molecule has 0 aliphatic heterocycles. The van der Waals surface area contributed by atoms with Crippen molar-refractivity contribution in [3.05, 3.63) is 64.7 Å². The van der Waals surface area contributed by atoms with Gasteiger partial charge in [0.2, 0.25) is 0 Å². The van der Waals surface area contributed by atoms with Gasteiger partial charge in [-0.2, -0.15) is 0 Å². The summed E-state index contributed by atoms with van der Waals surface area (Å²) in [5, 5.41) is 0.489. The Labute approximate surface area is 112 Å². The smallest absolute Gasteiger partial charge is 0.259 e. The Kier molecular flexibility index (Phi) is 3.68. The maximum Gasteiger partial charge on any atom is 0.259 e. The van der Waals surface area contributed by atoms with Crippen molar-refractivity contribution >= 4 is 23.2 Å². The standard InChI is InChI=1S/C15H14ClNO/c1-11-8-9-13(14(16)10-11)15(18)17(2)12-6-4-3-5-7-12/h3-10H,1-2H3. The van der Waals surface area contributed by atoms with Crippen LogP contribution in [0, 0.1) is 6.92 Å². The third kappa shape index (κ3) is 2.54. The number of para-hydroxylation sites is 1. The van der Waals surface area contributed by atoms with Crippen molar-refractivity contribution in [3.63, 3.8) is 0 Å². The molecule has 0 radical (unpaired) electrons. The van der Waals surface area contributed by atoms with Gasteiger partial charge in [0.25, 0.3) is 5.91 Å². The first-order chi connectivity index (χ1) is 8.59. The third-order valence-electron chi connectivity index (χ3n) is 2.80. The lowest BCUT2D eigenvalue weighted by molar-refractivity contribution is 0.0993. The highest BCUT2D eigenvalue weighted by Crippen LogP contribution is 2.21. The Morgan fingerprint density at radius 3 is 2.39 bits per heavy atom. The van der Waals surface area contributed by atoms with Gasteiger partial charge in [-0.15, -0.1) is 0 Å². The van der Waals surface area contributed by atoms with Gasteiger partial charge >= 0.3 is 0 Å². The van der Waals surface area contributed by atoms with E-state index in [0.29, 0.717) is 10.6 Å². The number of hydrogen-bond acceptors (Lipinski definition) is 1. The van der Waals surface area contributed by atoms with Crippen LogP contribution >= 0.6 is 11.6 Å². The van der Waals surface area contributed by atoms with Crippen molar-refractivity contribution in [2.24, 2.45) is 0 Å². The zero-order valence-electron chi connectivity index (χ0n) is 10.4. The number of carbonyl (C=O) groups is 1. The molecule has 3 heteroatoms. The first-order valence-corrected chi connectivity index (χ1v) is 6.06. The topological polar surface area (TPSA) is 20.3 Å². The number of halogens is 1. The van der Waals surface area contributed by atoms with Gasteiger partial charge in [-0.05, 0) is 36.8 Å². The summed E-state index contributed by atoms with van der Waals surface area (Å²) in [5.74, 6) is -0.105. The van der Waals surface area contributed by atoms with Crippen LogP contribution in [0.5, 0.6) is 0 Å².